The molecule has 2 saturated heterocycles. The van der Waals surface area contributed by atoms with Crippen molar-refractivity contribution in [2.24, 2.45) is 11.7 Å². The van der Waals surface area contributed by atoms with Gasteiger partial charge in [0.15, 0.2) is 0 Å². The van der Waals surface area contributed by atoms with E-state index in [9.17, 15) is 0 Å². The average molecular weight is 265 g/mol. The Kier molecular flexibility index (Phi) is 3.65. The molecule has 0 aromatic heterocycles. The van der Waals surface area contributed by atoms with Gasteiger partial charge >= 0.3 is 0 Å². The topological polar surface area (TPSA) is 32.5 Å². The number of hydrogen-bond donors (Lipinski definition) is 1. The minimum atomic E-state index is 0.309. The van der Waals surface area contributed by atoms with Crippen molar-refractivity contribution >= 4 is 0 Å². The van der Waals surface area contributed by atoms with E-state index >= 15 is 0 Å². The fourth-order valence-electron chi connectivity index (χ4n) is 4.57. The van der Waals surface area contributed by atoms with Crippen LogP contribution in [-0.2, 0) is 0 Å². The Morgan fingerprint density at radius 1 is 1.16 bits per heavy atom. The number of fused-ring (bicyclic) bond motifs is 2. The molecule has 3 nitrogen and oxygen atoms in total. The minimum Gasteiger partial charge on any atom is -0.329 e. The molecule has 19 heavy (non-hydrogen) atoms. The van der Waals surface area contributed by atoms with Crippen LogP contribution in [0.1, 0.15) is 52.4 Å². The maximum absolute atomic E-state index is 6.32. The predicted octanol–water partition coefficient (Wildman–Crippen LogP) is 2.06. The van der Waals surface area contributed by atoms with Gasteiger partial charge in [-0.2, -0.15) is 0 Å². The first kappa shape index (κ1) is 13.8. The van der Waals surface area contributed by atoms with Gasteiger partial charge in [0.05, 0.1) is 0 Å². The predicted molar refractivity (Wildman–Crippen MR) is 80.2 cm³/mol. The minimum absolute atomic E-state index is 0.309. The number of nitrogens with two attached hydrogens (primary N) is 1. The van der Waals surface area contributed by atoms with Crippen LogP contribution in [0.25, 0.3) is 0 Å². The summed E-state index contributed by atoms with van der Waals surface area (Å²) < 4.78 is 0. The molecule has 0 spiro atoms. The smallest absolute Gasteiger partial charge is 0.0364 e. The molecular formula is C16H31N3. The normalized spacial score (nSPS) is 39.5. The molecule has 3 fully saturated rings. The van der Waals surface area contributed by atoms with Gasteiger partial charge in [-0.25, -0.2) is 0 Å². The lowest BCUT2D eigenvalue weighted by atomic mass is 9.80. The summed E-state index contributed by atoms with van der Waals surface area (Å²) in [5, 5.41) is 0. The van der Waals surface area contributed by atoms with Crippen LogP contribution in [0.5, 0.6) is 0 Å². The lowest BCUT2D eigenvalue weighted by molar-refractivity contribution is -0.0106. The van der Waals surface area contributed by atoms with E-state index < -0.39 is 0 Å². The van der Waals surface area contributed by atoms with Crippen LogP contribution < -0.4 is 5.73 Å². The van der Waals surface area contributed by atoms with E-state index in [1.54, 1.807) is 0 Å². The third-order valence-corrected chi connectivity index (χ3v) is 5.75. The number of rotatable bonds is 5. The molecule has 2 aliphatic heterocycles. The fraction of sp³-hybridized carbons (Fsp3) is 1.00. The van der Waals surface area contributed by atoms with Crippen molar-refractivity contribution in [1.82, 2.24) is 9.80 Å². The highest BCUT2D eigenvalue weighted by Crippen LogP contribution is 2.46. The summed E-state index contributed by atoms with van der Waals surface area (Å²) in [6.07, 6.45) is 8.20. The first-order valence-corrected chi connectivity index (χ1v) is 8.24. The molecule has 0 aromatic rings. The molecule has 2 unspecified atom stereocenters. The fourth-order valence-corrected chi connectivity index (χ4v) is 4.57. The molecule has 2 bridgehead atoms. The second-order valence-electron chi connectivity index (χ2n) is 7.66. The maximum Gasteiger partial charge on any atom is 0.0364 e. The summed E-state index contributed by atoms with van der Waals surface area (Å²) >= 11 is 0. The second-order valence-corrected chi connectivity index (χ2v) is 7.66. The highest BCUT2D eigenvalue weighted by atomic mass is 15.3. The zero-order chi connectivity index (χ0) is 13.6. The number of hydrogen-bond acceptors (Lipinski definition) is 3. The zero-order valence-electron chi connectivity index (χ0n) is 12.9. The molecule has 2 heterocycles. The third-order valence-electron chi connectivity index (χ3n) is 5.75. The molecule has 2 atom stereocenters. The van der Waals surface area contributed by atoms with Gasteiger partial charge in [0.25, 0.3) is 0 Å². The summed E-state index contributed by atoms with van der Waals surface area (Å²) in [6.45, 7) is 6.80. The Hall–Kier alpha value is -0.120. The summed E-state index contributed by atoms with van der Waals surface area (Å²) in [4.78, 5) is 5.46. The molecule has 3 rings (SSSR count). The zero-order valence-corrected chi connectivity index (χ0v) is 12.9. The van der Waals surface area contributed by atoms with Gasteiger partial charge in [0.2, 0.25) is 0 Å². The van der Waals surface area contributed by atoms with Gasteiger partial charge in [0.1, 0.15) is 0 Å². The van der Waals surface area contributed by atoms with Crippen LogP contribution in [0.4, 0.5) is 0 Å². The number of nitrogens with zero attached hydrogens (tertiary/aromatic N) is 2. The lowest BCUT2D eigenvalue weighted by Gasteiger charge is -2.52. The third kappa shape index (κ3) is 2.45. The van der Waals surface area contributed by atoms with Crippen molar-refractivity contribution < 1.29 is 0 Å². The highest BCUT2D eigenvalue weighted by Gasteiger charge is 2.51. The Morgan fingerprint density at radius 3 is 2.16 bits per heavy atom. The standard InChI is InChI=1S/C16H31N3/c1-12(2)10-19(13-4-5-13)16(11-17)8-14-6-7-15(9-16)18(14)3/h12-15H,4-11,17H2,1-3H3. The maximum atomic E-state index is 6.32. The van der Waals surface area contributed by atoms with E-state index in [0.717, 1.165) is 30.6 Å². The molecule has 3 aliphatic rings. The molecule has 1 saturated carbocycles. The average Bonchev–Trinajstić information content (AvgIpc) is 3.18. The van der Waals surface area contributed by atoms with Gasteiger partial charge in [-0.1, -0.05) is 13.8 Å². The van der Waals surface area contributed by atoms with Crippen molar-refractivity contribution in [2.45, 2.75) is 76.0 Å². The molecule has 0 aromatic carbocycles. The Morgan fingerprint density at radius 2 is 1.74 bits per heavy atom. The van der Waals surface area contributed by atoms with E-state index in [-0.39, 0.29) is 0 Å². The van der Waals surface area contributed by atoms with Crippen LogP contribution >= 0.6 is 0 Å². The van der Waals surface area contributed by atoms with Crippen LogP contribution in [-0.4, -0.2) is 53.6 Å². The van der Waals surface area contributed by atoms with Crippen molar-refractivity contribution in [3.63, 3.8) is 0 Å². The molecule has 3 heteroatoms. The van der Waals surface area contributed by atoms with Crippen LogP contribution in [0.3, 0.4) is 0 Å². The monoisotopic (exact) mass is 265 g/mol. The first-order valence-electron chi connectivity index (χ1n) is 8.24. The number of piperidine rings is 1. The molecule has 2 N–H and O–H groups in total. The van der Waals surface area contributed by atoms with Crippen molar-refractivity contribution in [2.75, 3.05) is 20.1 Å². The summed E-state index contributed by atoms with van der Waals surface area (Å²) in [5.41, 5.74) is 6.63. The van der Waals surface area contributed by atoms with E-state index in [4.69, 9.17) is 5.73 Å². The SMILES string of the molecule is CC(C)CN(C1CC1)C1(CN)CC2CCC(C1)N2C. The van der Waals surface area contributed by atoms with E-state index in [1.165, 1.54) is 45.1 Å². The molecule has 0 amide bonds. The summed E-state index contributed by atoms with van der Waals surface area (Å²) in [7, 11) is 2.33. The first-order chi connectivity index (χ1) is 9.05. The second kappa shape index (κ2) is 5.01. The van der Waals surface area contributed by atoms with Gasteiger partial charge in [-0.15, -0.1) is 0 Å². The molecule has 1 aliphatic carbocycles. The van der Waals surface area contributed by atoms with E-state index in [0.29, 0.717) is 5.54 Å². The molecular weight excluding hydrogens is 234 g/mol. The Bertz CT molecular complexity index is 310. The van der Waals surface area contributed by atoms with Gasteiger partial charge in [-0.05, 0) is 51.5 Å². The van der Waals surface area contributed by atoms with Crippen LogP contribution in [0.15, 0.2) is 0 Å². The van der Waals surface area contributed by atoms with Gasteiger partial charge in [0, 0.05) is 36.8 Å². The summed E-state index contributed by atoms with van der Waals surface area (Å²) in [5.74, 6) is 0.751. The summed E-state index contributed by atoms with van der Waals surface area (Å²) in [6, 6.07) is 2.42. The van der Waals surface area contributed by atoms with Crippen molar-refractivity contribution in [1.29, 1.82) is 0 Å². The van der Waals surface area contributed by atoms with Gasteiger partial charge < -0.3 is 10.6 Å². The van der Waals surface area contributed by atoms with Crippen LogP contribution in [0.2, 0.25) is 0 Å². The van der Waals surface area contributed by atoms with Crippen molar-refractivity contribution in [3.05, 3.63) is 0 Å². The molecule has 0 radical (unpaired) electrons. The molecule has 110 valence electrons. The van der Waals surface area contributed by atoms with Gasteiger partial charge in [-0.3, -0.25) is 4.90 Å². The van der Waals surface area contributed by atoms with Crippen LogP contribution in [0, 0.1) is 5.92 Å². The van der Waals surface area contributed by atoms with Crippen molar-refractivity contribution in [3.8, 4) is 0 Å². The lowest BCUT2D eigenvalue weighted by Crippen LogP contribution is -2.63. The van der Waals surface area contributed by atoms with E-state index in [1.807, 2.05) is 0 Å². The van der Waals surface area contributed by atoms with E-state index in [2.05, 4.69) is 30.7 Å². The largest absolute Gasteiger partial charge is 0.329 e. The highest BCUT2D eigenvalue weighted by molar-refractivity contribution is 5.09. The quantitative estimate of drug-likeness (QED) is 0.826. The Balaban J connectivity index is 1.81. The Labute approximate surface area is 118 Å².